The molecule has 0 heterocycles. The molecule has 12 nitrogen and oxygen atoms in total. The Labute approximate surface area is 578 Å². The van der Waals surface area contributed by atoms with E-state index in [2.05, 4.69) is 51.6 Å². The minimum atomic E-state index is -0.324. The summed E-state index contributed by atoms with van der Waals surface area (Å²) in [6.07, 6.45) is 2.56. The first kappa shape index (κ1) is 73.4. The minimum absolute atomic E-state index is 0.324. The fourth-order valence-electron chi connectivity index (χ4n) is 8.67. The van der Waals surface area contributed by atoms with Crippen molar-refractivity contribution >= 4 is 58.0 Å². The SMILES string of the molecule is C=CCc1ccccc1Oc1ccc(C#N)c(Cl)c1.COc1cccc(Oc2ccc(C#N)c(Cl)c2)c1OC.Cc1cc(C)c(Oc2ccc(C#N)c(Cl)c2)c(C)c1.Cc1ccc(C(C)C)cc1Oc1ccc(C#N)c(Cl)c1.N#Cc1ccc(Oc2ccc(F)cc2)cc1Cl. The first-order chi connectivity index (χ1) is 45.6. The van der Waals surface area contributed by atoms with E-state index in [1.807, 2.05) is 87.5 Å². The molecule has 0 bridgehead atoms. The average molecular weight is 1360 g/mol. The molecular formula is C77H61Cl5FN5O7. The number of hydrogen-bond acceptors (Lipinski definition) is 12. The number of nitrogens with zero attached hydrogens (tertiary/aromatic N) is 5. The van der Waals surface area contributed by atoms with Gasteiger partial charge in [-0.2, -0.15) is 26.3 Å². The molecule has 0 aliphatic heterocycles. The van der Waals surface area contributed by atoms with Crippen molar-refractivity contribution in [1.82, 2.24) is 0 Å². The van der Waals surface area contributed by atoms with Gasteiger partial charge in [-0.3, -0.25) is 0 Å². The van der Waals surface area contributed by atoms with Gasteiger partial charge in [-0.15, -0.1) is 6.58 Å². The number of ether oxygens (including phenoxy) is 7. The van der Waals surface area contributed by atoms with Crippen LogP contribution in [0.1, 0.15) is 81.0 Å². The van der Waals surface area contributed by atoms with E-state index in [9.17, 15) is 4.39 Å². The van der Waals surface area contributed by atoms with Gasteiger partial charge in [0.1, 0.15) is 87.9 Å². The van der Waals surface area contributed by atoms with E-state index in [0.29, 0.717) is 111 Å². The molecular weight excluding hydrogens is 1300 g/mol. The zero-order chi connectivity index (χ0) is 69.1. The first-order valence-corrected chi connectivity index (χ1v) is 30.7. The Balaban J connectivity index is 0.000000188. The van der Waals surface area contributed by atoms with Crippen LogP contribution in [0.4, 0.5) is 4.39 Å². The highest BCUT2D eigenvalue weighted by molar-refractivity contribution is 6.33. The Bertz CT molecular complexity index is 4550. The summed E-state index contributed by atoms with van der Waals surface area (Å²) in [7, 11) is 3.09. The van der Waals surface area contributed by atoms with Gasteiger partial charge in [0, 0.05) is 30.3 Å². The van der Waals surface area contributed by atoms with Crippen molar-refractivity contribution in [3.8, 4) is 99.3 Å². The van der Waals surface area contributed by atoms with Crippen molar-refractivity contribution in [2.45, 2.75) is 53.9 Å². The van der Waals surface area contributed by atoms with Crippen LogP contribution in [0, 0.1) is 90.2 Å². The Morgan fingerprint density at radius 2 is 0.789 bits per heavy atom. The van der Waals surface area contributed by atoms with E-state index >= 15 is 0 Å². The number of allylic oxidation sites excluding steroid dienone is 1. The molecule has 0 saturated heterocycles. The van der Waals surface area contributed by atoms with Crippen LogP contribution in [0.5, 0.6) is 69.0 Å². The number of rotatable bonds is 15. The normalized spacial score (nSPS) is 9.92. The largest absolute Gasteiger partial charge is 0.493 e. The molecule has 0 radical (unpaired) electrons. The van der Waals surface area contributed by atoms with Crippen LogP contribution in [0.3, 0.4) is 0 Å². The molecule has 0 atom stereocenters. The number of nitriles is 5. The van der Waals surface area contributed by atoms with Crippen LogP contribution in [0.25, 0.3) is 0 Å². The molecule has 0 spiro atoms. The highest BCUT2D eigenvalue weighted by atomic mass is 35.5. The quantitative estimate of drug-likeness (QED) is 0.0887. The van der Waals surface area contributed by atoms with Crippen molar-refractivity contribution in [2.75, 3.05) is 14.2 Å². The summed E-state index contributed by atoms with van der Waals surface area (Å²) in [5.41, 5.74) is 8.84. The van der Waals surface area contributed by atoms with Gasteiger partial charge < -0.3 is 33.2 Å². The van der Waals surface area contributed by atoms with Crippen LogP contribution in [-0.2, 0) is 6.42 Å². The highest BCUT2D eigenvalue weighted by Gasteiger charge is 2.15. The predicted octanol–water partition coefficient (Wildman–Crippen LogP) is 23.3. The first-order valence-electron chi connectivity index (χ1n) is 28.9. The number of hydrogen-bond donors (Lipinski definition) is 0. The molecule has 0 aliphatic rings. The average Bonchev–Trinajstić information content (AvgIpc) is 1.08. The number of methoxy groups -OCH3 is 2. The standard InChI is InChI=1S/C17H16ClNO.C16H14ClNO.C16H12ClNO.C15H12ClNO3.C13H7ClFNO/c1-11(2)13-5-4-12(3)17(8-13)20-15-7-6-14(10-19)16(18)9-15;1-10-6-11(2)16(12(3)7-10)19-14-5-4-13(9-18)15(17)8-14;1-2-5-12-6-3-4-7-16(12)19-14-9-8-13(11-18)15(17)10-14;1-18-13-4-3-5-14(15(13)19-2)20-11-7-6-10(9-17)12(16)8-11;14-13-7-12(4-1-9(13)8-16)17-11-5-2-10(15)3-6-11/h4-9,11H,1-3H3;4-8H,1-3H3;2-4,6-10H,1,5H2;3-8H,1-2H3;1-7H. The zero-order valence-electron chi connectivity index (χ0n) is 52.8. The van der Waals surface area contributed by atoms with Crippen LogP contribution >= 0.6 is 58.0 Å². The Morgan fingerprint density at radius 1 is 0.400 bits per heavy atom. The minimum Gasteiger partial charge on any atom is -0.493 e. The molecule has 0 fully saturated rings. The number of aryl methyl sites for hydroxylation is 4. The maximum absolute atomic E-state index is 12.7. The second kappa shape index (κ2) is 36.6. The van der Waals surface area contributed by atoms with Gasteiger partial charge in [-0.1, -0.05) is 132 Å². The van der Waals surface area contributed by atoms with Crippen LogP contribution in [-0.4, -0.2) is 14.2 Å². The third-order valence-corrected chi connectivity index (χ3v) is 15.0. The summed E-state index contributed by atoms with van der Waals surface area (Å²) in [6, 6.07) is 63.9. The van der Waals surface area contributed by atoms with E-state index in [0.717, 1.165) is 45.9 Å². The second-order valence-corrected chi connectivity index (χ2v) is 22.8. The zero-order valence-corrected chi connectivity index (χ0v) is 56.6. The van der Waals surface area contributed by atoms with Crippen LogP contribution in [0.2, 0.25) is 25.1 Å². The lowest BCUT2D eigenvalue weighted by atomic mass is 10.0. The number of halogens is 6. The molecule has 478 valence electrons. The van der Waals surface area contributed by atoms with E-state index in [1.165, 1.54) is 42.5 Å². The summed E-state index contributed by atoms with van der Waals surface area (Å²) in [6.45, 7) is 16.1. The third kappa shape index (κ3) is 21.7. The van der Waals surface area contributed by atoms with Crippen molar-refractivity contribution in [2.24, 2.45) is 0 Å². The number of para-hydroxylation sites is 2. The molecule has 95 heavy (non-hydrogen) atoms. The van der Waals surface area contributed by atoms with Gasteiger partial charge in [-0.25, -0.2) is 4.39 Å². The van der Waals surface area contributed by atoms with E-state index in [-0.39, 0.29) is 5.82 Å². The van der Waals surface area contributed by atoms with Crippen molar-refractivity contribution in [3.05, 3.63) is 293 Å². The van der Waals surface area contributed by atoms with E-state index in [1.54, 1.807) is 116 Å². The van der Waals surface area contributed by atoms with Crippen molar-refractivity contribution < 1.29 is 37.5 Å². The number of benzene rings is 10. The lowest BCUT2D eigenvalue weighted by Crippen LogP contribution is -1.94. The lowest BCUT2D eigenvalue weighted by molar-refractivity contribution is 0.336. The molecule has 0 amide bonds. The van der Waals surface area contributed by atoms with Crippen molar-refractivity contribution in [1.29, 1.82) is 26.3 Å². The monoisotopic (exact) mass is 1360 g/mol. The Hall–Kier alpha value is -10.6. The lowest BCUT2D eigenvalue weighted by Gasteiger charge is -2.13. The smallest absolute Gasteiger partial charge is 0.203 e. The van der Waals surface area contributed by atoms with Gasteiger partial charge in [0.05, 0.1) is 67.2 Å². The molecule has 10 rings (SSSR count). The fourth-order valence-corrected chi connectivity index (χ4v) is 9.73. The highest BCUT2D eigenvalue weighted by Crippen LogP contribution is 2.40. The maximum Gasteiger partial charge on any atom is 0.203 e. The molecule has 0 saturated carbocycles. The Kier molecular flexibility index (Phi) is 28.3. The summed E-state index contributed by atoms with van der Waals surface area (Å²) < 4.78 is 51.9. The third-order valence-electron chi connectivity index (χ3n) is 13.4. The van der Waals surface area contributed by atoms with Gasteiger partial charge in [0.2, 0.25) is 5.75 Å². The summed E-state index contributed by atoms with van der Waals surface area (Å²) in [5.74, 6) is 7.53. The van der Waals surface area contributed by atoms with Gasteiger partial charge in [-0.05, 0) is 177 Å². The fraction of sp³-hybridized carbons (Fsp3) is 0.130. The second-order valence-electron chi connectivity index (χ2n) is 20.7. The predicted molar refractivity (Wildman–Crippen MR) is 373 cm³/mol. The molecule has 10 aromatic carbocycles. The maximum atomic E-state index is 12.7. The van der Waals surface area contributed by atoms with Gasteiger partial charge in [0.25, 0.3) is 0 Å². The molecule has 18 heteroatoms. The van der Waals surface area contributed by atoms with Gasteiger partial charge >= 0.3 is 0 Å². The van der Waals surface area contributed by atoms with Gasteiger partial charge in [0.15, 0.2) is 11.5 Å². The van der Waals surface area contributed by atoms with E-state index in [4.69, 9.17) is 117 Å². The van der Waals surface area contributed by atoms with Crippen molar-refractivity contribution in [3.63, 3.8) is 0 Å². The molecule has 10 aromatic rings. The molecule has 0 N–H and O–H groups in total. The van der Waals surface area contributed by atoms with Crippen LogP contribution in [0.15, 0.2) is 201 Å². The summed E-state index contributed by atoms with van der Waals surface area (Å²) in [5, 5.41) is 46.0. The molecule has 0 aliphatic carbocycles. The Morgan fingerprint density at radius 3 is 1.20 bits per heavy atom. The summed E-state index contributed by atoms with van der Waals surface area (Å²) in [4.78, 5) is 0. The molecule has 0 aromatic heterocycles. The topological polar surface area (TPSA) is 184 Å². The van der Waals surface area contributed by atoms with Crippen LogP contribution < -0.4 is 33.2 Å². The molecule has 0 unspecified atom stereocenters. The van der Waals surface area contributed by atoms with E-state index < -0.39 is 0 Å². The summed E-state index contributed by atoms with van der Waals surface area (Å²) >= 11 is 29.8.